The number of methoxy groups -OCH3 is 1. The number of amides is 3. The van der Waals surface area contributed by atoms with E-state index in [4.69, 9.17) is 4.74 Å². The molecule has 0 aromatic heterocycles. The Hall–Kier alpha value is -2.74. The van der Waals surface area contributed by atoms with Crippen LogP contribution in [0.5, 0.6) is 0 Å². The summed E-state index contributed by atoms with van der Waals surface area (Å²) in [6.45, 7) is 2.69. The molecule has 8 heteroatoms. The number of carboxylic acids is 1. The number of fused-ring (bicyclic) bond motifs is 1. The topological polar surface area (TPSA) is 104 Å². The second-order valence-corrected chi connectivity index (χ2v) is 7.37. The van der Waals surface area contributed by atoms with Gasteiger partial charge in [-0.3, -0.25) is 24.1 Å². The molecule has 1 atom stereocenters. The first-order valence-electron chi connectivity index (χ1n) is 9.36. The van der Waals surface area contributed by atoms with Crippen LogP contribution in [0.25, 0.3) is 0 Å². The lowest BCUT2D eigenvalue weighted by molar-refractivity contribution is -0.151. The molecule has 1 aromatic carbocycles. The van der Waals surface area contributed by atoms with Crippen molar-refractivity contribution < 1.29 is 29.0 Å². The van der Waals surface area contributed by atoms with E-state index in [0.717, 1.165) is 12.8 Å². The van der Waals surface area contributed by atoms with Gasteiger partial charge in [-0.05, 0) is 31.0 Å². The molecule has 1 N–H and O–H groups in total. The lowest BCUT2D eigenvalue weighted by atomic mass is 9.88. The molecule has 1 saturated heterocycles. The van der Waals surface area contributed by atoms with E-state index >= 15 is 0 Å². The zero-order valence-corrected chi connectivity index (χ0v) is 16.1. The summed E-state index contributed by atoms with van der Waals surface area (Å²) in [6, 6.07) is 4.47. The molecular formula is C20H24N2O6. The number of hydrogen-bond acceptors (Lipinski definition) is 5. The molecule has 0 aliphatic carbocycles. The fourth-order valence-corrected chi connectivity index (χ4v) is 3.80. The van der Waals surface area contributed by atoms with Gasteiger partial charge >= 0.3 is 5.97 Å². The molecule has 3 amide bonds. The van der Waals surface area contributed by atoms with E-state index in [1.807, 2.05) is 6.92 Å². The van der Waals surface area contributed by atoms with Gasteiger partial charge in [-0.25, -0.2) is 0 Å². The SMILES string of the molecule is CCCCN1C(=O)c2ccc(C(=O)N3CCC(COC)(C(=O)O)C3)cc2C1=O. The van der Waals surface area contributed by atoms with E-state index in [1.165, 1.54) is 35.1 Å². The van der Waals surface area contributed by atoms with Crippen LogP contribution in [0.15, 0.2) is 18.2 Å². The fraction of sp³-hybridized carbons (Fsp3) is 0.500. The molecule has 8 nitrogen and oxygen atoms in total. The molecule has 28 heavy (non-hydrogen) atoms. The third kappa shape index (κ3) is 3.28. The third-order valence-electron chi connectivity index (χ3n) is 5.47. The Morgan fingerprint density at radius 3 is 2.57 bits per heavy atom. The number of benzene rings is 1. The Labute approximate surface area is 163 Å². The van der Waals surface area contributed by atoms with Crippen LogP contribution in [0, 0.1) is 5.41 Å². The predicted molar refractivity (Wildman–Crippen MR) is 99.2 cm³/mol. The highest BCUT2D eigenvalue weighted by Crippen LogP contribution is 2.33. The van der Waals surface area contributed by atoms with E-state index in [9.17, 15) is 24.3 Å². The number of carbonyl (C=O) groups is 4. The van der Waals surface area contributed by atoms with Crippen molar-refractivity contribution in [2.45, 2.75) is 26.2 Å². The van der Waals surface area contributed by atoms with Crippen LogP contribution >= 0.6 is 0 Å². The van der Waals surface area contributed by atoms with Crippen molar-refractivity contribution in [3.8, 4) is 0 Å². The van der Waals surface area contributed by atoms with Crippen LogP contribution in [-0.4, -0.2) is 71.9 Å². The Morgan fingerprint density at radius 2 is 1.93 bits per heavy atom. The molecule has 2 heterocycles. The lowest BCUT2D eigenvalue weighted by Crippen LogP contribution is -2.40. The monoisotopic (exact) mass is 388 g/mol. The highest BCUT2D eigenvalue weighted by molar-refractivity contribution is 6.22. The molecule has 3 rings (SSSR count). The van der Waals surface area contributed by atoms with Crippen LogP contribution in [0.4, 0.5) is 0 Å². The molecule has 1 unspecified atom stereocenters. The molecule has 0 spiro atoms. The number of carboxylic acid groups (broad SMARTS) is 1. The number of aliphatic carboxylic acids is 1. The van der Waals surface area contributed by atoms with Crippen LogP contribution in [0.3, 0.4) is 0 Å². The summed E-state index contributed by atoms with van der Waals surface area (Å²) >= 11 is 0. The van der Waals surface area contributed by atoms with Crippen LogP contribution in [0.2, 0.25) is 0 Å². The van der Waals surface area contributed by atoms with Gasteiger partial charge in [-0.1, -0.05) is 13.3 Å². The maximum absolute atomic E-state index is 12.9. The van der Waals surface area contributed by atoms with Crippen molar-refractivity contribution in [3.63, 3.8) is 0 Å². The van der Waals surface area contributed by atoms with Gasteiger partial charge in [0, 0.05) is 32.3 Å². The Balaban J connectivity index is 1.81. The smallest absolute Gasteiger partial charge is 0.313 e. The summed E-state index contributed by atoms with van der Waals surface area (Å²) in [5.74, 6) is -2.07. The van der Waals surface area contributed by atoms with E-state index in [-0.39, 0.29) is 42.0 Å². The maximum atomic E-state index is 12.9. The Bertz CT molecular complexity index is 836. The van der Waals surface area contributed by atoms with Crippen molar-refractivity contribution in [1.82, 2.24) is 9.80 Å². The zero-order chi connectivity index (χ0) is 20.5. The maximum Gasteiger partial charge on any atom is 0.313 e. The van der Waals surface area contributed by atoms with E-state index in [2.05, 4.69) is 0 Å². The summed E-state index contributed by atoms with van der Waals surface area (Å²) in [4.78, 5) is 52.2. The zero-order valence-electron chi connectivity index (χ0n) is 16.1. The van der Waals surface area contributed by atoms with Gasteiger partial charge in [0.15, 0.2) is 0 Å². The summed E-state index contributed by atoms with van der Waals surface area (Å²) in [6.07, 6.45) is 1.88. The fourth-order valence-electron chi connectivity index (χ4n) is 3.80. The summed E-state index contributed by atoms with van der Waals surface area (Å²) in [7, 11) is 1.43. The standard InChI is InChI=1S/C20H24N2O6/c1-3-4-8-22-17(24)14-6-5-13(10-15(14)18(22)25)16(23)21-9-7-20(11-21,12-28-2)19(26)27/h5-6,10H,3-4,7-9,11-12H2,1-2H3,(H,26,27). The van der Waals surface area contributed by atoms with Crippen molar-refractivity contribution in [2.24, 2.45) is 5.41 Å². The van der Waals surface area contributed by atoms with Crippen molar-refractivity contribution in [1.29, 1.82) is 0 Å². The van der Waals surface area contributed by atoms with Gasteiger partial charge in [0.25, 0.3) is 17.7 Å². The highest BCUT2D eigenvalue weighted by Gasteiger charge is 2.46. The molecule has 150 valence electrons. The Morgan fingerprint density at radius 1 is 1.21 bits per heavy atom. The molecule has 0 bridgehead atoms. The average Bonchev–Trinajstić information content (AvgIpc) is 3.21. The van der Waals surface area contributed by atoms with Crippen LogP contribution in [0.1, 0.15) is 57.3 Å². The molecule has 0 saturated carbocycles. The number of rotatable bonds is 7. The molecule has 2 aliphatic rings. The van der Waals surface area contributed by atoms with Crippen molar-refractivity contribution in [2.75, 3.05) is 33.4 Å². The van der Waals surface area contributed by atoms with Gasteiger partial charge in [-0.15, -0.1) is 0 Å². The third-order valence-corrected chi connectivity index (χ3v) is 5.47. The lowest BCUT2D eigenvalue weighted by Gasteiger charge is -2.23. The van der Waals surface area contributed by atoms with E-state index < -0.39 is 11.4 Å². The quantitative estimate of drug-likeness (QED) is 0.712. The predicted octanol–water partition coefficient (Wildman–Crippen LogP) is 1.65. The number of unbranched alkanes of at least 4 members (excludes halogenated alkanes) is 1. The molecule has 2 aliphatic heterocycles. The first-order valence-corrected chi connectivity index (χ1v) is 9.36. The molecule has 1 aromatic rings. The molecular weight excluding hydrogens is 364 g/mol. The number of ether oxygens (including phenoxy) is 1. The largest absolute Gasteiger partial charge is 0.481 e. The first kappa shape index (κ1) is 20.0. The summed E-state index contributed by atoms with van der Waals surface area (Å²) in [5.41, 5.74) is -0.314. The minimum atomic E-state index is -1.12. The van der Waals surface area contributed by atoms with Gasteiger partial charge < -0.3 is 14.7 Å². The highest BCUT2D eigenvalue weighted by atomic mass is 16.5. The minimum absolute atomic E-state index is 0.0235. The van der Waals surface area contributed by atoms with Gasteiger partial charge in [-0.2, -0.15) is 0 Å². The first-order chi connectivity index (χ1) is 13.3. The van der Waals surface area contributed by atoms with Gasteiger partial charge in [0.05, 0.1) is 17.7 Å². The van der Waals surface area contributed by atoms with Crippen molar-refractivity contribution >= 4 is 23.7 Å². The number of likely N-dealkylation sites (tertiary alicyclic amines) is 1. The number of carbonyl (C=O) groups excluding carboxylic acids is 3. The second-order valence-electron chi connectivity index (χ2n) is 7.37. The van der Waals surface area contributed by atoms with Gasteiger partial charge in [0.2, 0.25) is 0 Å². The summed E-state index contributed by atoms with van der Waals surface area (Å²) < 4.78 is 5.05. The normalized spacial score (nSPS) is 21.4. The van der Waals surface area contributed by atoms with Gasteiger partial charge in [0.1, 0.15) is 5.41 Å². The number of hydrogen-bond donors (Lipinski definition) is 1. The van der Waals surface area contributed by atoms with E-state index in [0.29, 0.717) is 25.1 Å². The second kappa shape index (κ2) is 7.71. The average molecular weight is 388 g/mol. The van der Waals surface area contributed by atoms with Crippen LogP contribution in [-0.2, 0) is 9.53 Å². The Kier molecular flexibility index (Phi) is 5.51. The number of nitrogens with zero attached hydrogens (tertiary/aromatic N) is 2. The van der Waals surface area contributed by atoms with E-state index in [1.54, 1.807) is 0 Å². The number of imide groups is 1. The van der Waals surface area contributed by atoms with Crippen molar-refractivity contribution in [3.05, 3.63) is 34.9 Å². The molecule has 1 fully saturated rings. The minimum Gasteiger partial charge on any atom is -0.481 e. The summed E-state index contributed by atoms with van der Waals surface area (Å²) in [5, 5.41) is 9.55. The molecule has 0 radical (unpaired) electrons. The van der Waals surface area contributed by atoms with Crippen LogP contribution < -0.4 is 0 Å².